The first-order valence-corrected chi connectivity index (χ1v) is 6.94. The average Bonchev–Trinajstić information content (AvgIpc) is 2.37. The fourth-order valence-electron chi connectivity index (χ4n) is 2.46. The number of nitrogens with one attached hydrogen (secondary N) is 2. The number of ether oxygens (including phenoxy) is 1. The van der Waals surface area contributed by atoms with Gasteiger partial charge >= 0.3 is 0 Å². The molecule has 0 aromatic heterocycles. The van der Waals surface area contributed by atoms with E-state index in [1.54, 1.807) is 7.11 Å². The molecular formula is C16H28N2O. The van der Waals surface area contributed by atoms with Crippen molar-refractivity contribution < 1.29 is 4.74 Å². The summed E-state index contributed by atoms with van der Waals surface area (Å²) in [5.74, 6) is 0.972. The van der Waals surface area contributed by atoms with Crippen LogP contribution in [0.25, 0.3) is 0 Å². The molecule has 0 spiro atoms. The molecule has 1 rings (SSSR count). The van der Waals surface area contributed by atoms with Gasteiger partial charge < -0.3 is 15.4 Å². The molecule has 0 fully saturated rings. The molecule has 0 bridgehead atoms. The molecule has 0 heterocycles. The minimum atomic E-state index is 0.120. The molecule has 0 saturated heterocycles. The monoisotopic (exact) mass is 264 g/mol. The lowest BCUT2D eigenvalue weighted by Crippen LogP contribution is -2.36. The van der Waals surface area contributed by atoms with Crippen LogP contribution in [0.5, 0.6) is 5.75 Å². The molecule has 3 nitrogen and oxygen atoms in total. The van der Waals surface area contributed by atoms with E-state index in [9.17, 15) is 0 Å². The second-order valence-electron chi connectivity index (χ2n) is 5.73. The molecule has 0 amide bonds. The van der Waals surface area contributed by atoms with E-state index in [2.05, 4.69) is 50.5 Å². The highest BCUT2D eigenvalue weighted by atomic mass is 16.5. The molecule has 2 N–H and O–H groups in total. The largest absolute Gasteiger partial charge is 0.496 e. The van der Waals surface area contributed by atoms with Crippen molar-refractivity contribution in [2.75, 3.05) is 33.8 Å². The van der Waals surface area contributed by atoms with Crippen LogP contribution in [0.2, 0.25) is 0 Å². The maximum atomic E-state index is 5.38. The first-order valence-electron chi connectivity index (χ1n) is 6.94. The van der Waals surface area contributed by atoms with E-state index in [1.165, 1.54) is 16.7 Å². The van der Waals surface area contributed by atoms with E-state index in [0.29, 0.717) is 0 Å². The van der Waals surface area contributed by atoms with Gasteiger partial charge in [0.1, 0.15) is 5.75 Å². The van der Waals surface area contributed by atoms with Gasteiger partial charge in [-0.05, 0) is 43.7 Å². The highest BCUT2D eigenvalue weighted by molar-refractivity contribution is 5.46. The predicted molar refractivity (Wildman–Crippen MR) is 82.3 cm³/mol. The lowest BCUT2D eigenvalue weighted by atomic mass is 9.80. The maximum Gasteiger partial charge on any atom is 0.122 e. The van der Waals surface area contributed by atoms with Gasteiger partial charge in [-0.2, -0.15) is 0 Å². The summed E-state index contributed by atoms with van der Waals surface area (Å²) in [6.07, 6.45) is 0. The van der Waals surface area contributed by atoms with Gasteiger partial charge in [-0.15, -0.1) is 0 Å². The standard InChI is InChI=1S/C16H28N2O/c1-12-13(2)15(19-6)8-7-14(12)16(3,4)11-18-10-9-17-5/h7-8,17-18H,9-11H2,1-6H3. The molecular weight excluding hydrogens is 236 g/mol. The van der Waals surface area contributed by atoms with E-state index in [4.69, 9.17) is 4.74 Å². The Bertz CT molecular complexity index is 413. The van der Waals surface area contributed by atoms with Crippen LogP contribution in [0.4, 0.5) is 0 Å². The lowest BCUT2D eigenvalue weighted by Gasteiger charge is -2.29. The Morgan fingerprint density at radius 3 is 2.37 bits per heavy atom. The fourth-order valence-corrected chi connectivity index (χ4v) is 2.46. The van der Waals surface area contributed by atoms with E-state index < -0.39 is 0 Å². The van der Waals surface area contributed by atoms with Crippen LogP contribution in [-0.2, 0) is 5.41 Å². The summed E-state index contributed by atoms with van der Waals surface area (Å²) in [4.78, 5) is 0. The molecule has 19 heavy (non-hydrogen) atoms. The van der Waals surface area contributed by atoms with Crippen LogP contribution in [0.15, 0.2) is 12.1 Å². The molecule has 1 aromatic rings. The van der Waals surface area contributed by atoms with Gasteiger partial charge in [-0.3, -0.25) is 0 Å². The Morgan fingerprint density at radius 1 is 1.11 bits per heavy atom. The van der Waals surface area contributed by atoms with Gasteiger partial charge in [0.05, 0.1) is 7.11 Å². The third kappa shape index (κ3) is 3.95. The summed E-state index contributed by atoms with van der Waals surface area (Å²) >= 11 is 0. The van der Waals surface area contributed by atoms with Crippen LogP contribution >= 0.6 is 0 Å². The Kier molecular flexibility index (Phi) is 5.83. The second-order valence-corrected chi connectivity index (χ2v) is 5.73. The number of likely N-dealkylation sites (N-methyl/N-ethyl adjacent to an activating group) is 1. The summed E-state index contributed by atoms with van der Waals surface area (Å²) in [7, 11) is 3.70. The third-order valence-electron chi connectivity index (χ3n) is 3.81. The van der Waals surface area contributed by atoms with Crippen molar-refractivity contribution in [3.05, 3.63) is 28.8 Å². The van der Waals surface area contributed by atoms with Crippen molar-refractivity contribution >= 4 is 0 Å². The maximum absolute atomic E-state index is 5.38. The van der Waals surface area contributed by atoms with Gasteiger partial charge in [0, 0.05) is 25.0 Å². The molecule has 108 valence electrons. The number of hydrogen-bond acceptors (Lipinski definition) is 3. The summed E-state index contributed by atoms with van der Waals surface area (Å²) < 4.78 is 5.38. The van der Waals surface area contributed by atoms with Crippen LogP contribution < -0.4 is 15.4 Å². The van der Waals surface area contributed by atoms with Crippen molar-refractivity contribution in [1.82, 2.24) is 10.6 Å². The summed E-state index contributed by atoms with van der Waals surface area (Å²) in [6, 6.07) is 4.27. The van der Waals surface area contributed by atoms with Crippen molar-refractivity contribution in [1.29, 1.82) is 0 Å². The molecule has 0 aliphatic rings. The zero-order chi connectivity index (χ0) is 14.5. The van der Waals surface area contributed by atoms with Crippen molar-refractivity contribution in [3.63, 3.8) is 0 Å². The van der Waals surface area contributed by atoms with Gasteiger partial charge in [0.25, 0.3) is 0 Å². The van der Waals surface area contributed by atoms with Crippen LogP contribution in [0.1, 0.15) is 30.5 Å². The third-order valence-corrected chi connectivity index (χ3v) is 3.81. The van der Waals surface area contributed by atoms with E-state index in [0.717, 1.165) is 25.4 Å². The van der Waals surface area contributed by atoms with Crippen molar-refractivity contribution in [2.24, 2.45) is 0 Å². The Balaban J connectivity index is 2.86. The lowest BCUT2D eigenvalue weighted by molar-refractivity contribution is 0.409. The van der Waals surface area contributed by atoms with Crippen LogP contribution in [0.3, 0.4) is 0 Å². The molecule has 1 aromatic carbocycles. The van der Waals surface area contributed by atoms with E-state index in [-0.39, 0.29) is 5.41 Å². The van der Waals surface area contributed by atoms with Crippen molar-refractivity contribution in [3.8, 4) is 5.75 Å². The molecule has 0 saturated carbocycles. The zero-order valence-corrected chi connectivity index (χ0v) is 13.2. The smallest absolute Gasteiger partial charge is 0.122 e. The summed E-state index contributed by atoms with van der Waals surface area (Å²) in [5, 5.41) is 6.66. The molecule has 3 heteroatoms. The topological polar surface area (TPSA) is 33.3 Å². The first kappa shape index (κ1) is 16.0. The second kappa shape index (κ2) is 6.92. The van der Waals surface area contributed by atoms with Crippen molar-refractivity contribution in [2.45, 2.75) is 33.1 Å². The number of methoxy groups -OCH3 is 1. The number of hydrogen-bond donors (Lipinski definition) is 2. The van der Waals surface area contributed by atoms with E-state index in [1.807, 2.05) is 7.05 Å². The molecule has 0 aliphatic carbocycles. The molecule has 0 aliphatic heterocycles. The number of benzene rings is 1. The Labute approximate surface area is 117 Å². The summed E-state index contributed by atoms with van der Waals surface area (Å²) in [5.41, 5.74) is 4.08. The zero-order valence-electron chi connectivity index (χ0n) is 13.2. The van der Waals surface area contributed by atoms with Crippen LogP contribution in [0, 0.1) is 13.8 Å². The van der Waals surface area contributed by atoms with Gasteiger partial charge in [-0.1, -0.05) is 19.9 Å². The predicted octanol–water partition coefficient (Wildman–Crippen LogP) is 2.40. The first-order chi connectivity index (χ1) is 8.94. The minimum Gasteiger partial charge on any atom is -0.496 e. The van der Waals surface area contributed by atoms with Gasteiger partial charge in [-0.25, -0.2) is 0 Å². The highest BCUT2D eigenvalue weighted by Gasteiger charge is 2.23. The molecule has 0 unspecified atom stereocenters. The average molecular weight is 264 g/mol. The van der Waals surface area contributed by atoms with Crippen LogP contribution in [-0.4, -0.2) is 33.8 Å². The molecule has 0 atom stereocenters. The van der Waals surface area contributed by atoms with Gasteiger partial charge in [0.2, 0.25) is 0 Å². The Hall–Kier alpha value is -1.06. The molecule has 0 radical (unpaired) electrons. The summed E-state index contributed by atoms with van der Waals surface area (Å²) in [6.45, 7) is 11.8. The highest BCUT2D eigenvalue weighted by Crippen LogP contribution is 2.31. The fraction of sp³-hybridized carbons (Fsp3) is 0.625. The normalized spacial score (nSPS) is 11.7. The Morgan fingerprint density at radius 2 is 1.79 bits per heavy atom. The SMILES string of the molecule is CNCCNCC(C)(C)c1ccc(OC)c(C)c1C. The minimum absolute atomic E-state index is 0.120. The number of rotatable bonds is 7. The quantitative estimate of drug-likeness (QED) is 0.742. The van der Waals surface area contributed by atoms with E-state index >= 15 is 0 Å². The van der Waals surface area contributed by atoms with Gasteiger partial charge in [0.15, 0.2) is 0 Å².